The van der Waals surface area contributed by atoms with Crippen molar-refractivity contribution in [3.63, 3.8) is 0 Å². The lowest BCUT2D eigenvalue weighted by Crippen LogP contribution is -2.47. The van der Waals surface area contributed by atoms with Crippen molar-refractivity contribution in [3.8, 4) is 5.75 Å². The van der Waals surface area contributed by atoms with Crippen molar-refractivity contribution in [1.82, 2.24) is 4.90 Å². The van der Waals surface area contributed by atoms with Gasteiger partial charge >= 0.3 is 6.61 Å². The summed E-state index contributed by atoms with van der Waals surface area (Å²) in [6, 6.07) is 3.75. The number of ether oxygens (including phenoxy) is 2. The molecule has 160 valence electrons. The third-order valence-electron chi connectivity index (χ3n) is 5.04. The number of likely N-dealkylation sites (N-methyl/N-ethyl adjacent to an activating group) is 1. The normalized spacial score (nSPS) is 18.3. The van der Waals surface area contributed by atoms with E-state index in [1.807, 2.05) is 11.9 Å². The fourth-order valence-corrected chi connectivity index (χ4v) is 3.30. The van der Waals surface area contributed by atoms with Crippen LogP contribution >= 0.6 is 0 Å². The Morgan fingerprint density at radius 3 is 2.83 bits per heavy atom. The van der Waals surface area contributed by atoms with E-state index in [1.165, 1.54) is 17.0 Å². The number of nitrogens with one attached hydrogen (secondary N) is 1. The number of nitrogens with zero attached hydrogens (tertiary/aromatic N) is 2. The molecule has 0 spiro atoms. The highest BCUT2D eigenvalue weighted by Crippen LogP contribution is 2.33. The number of alkyl halides is 2. The van der Waals surface area contributed by atoms with Gasteiger partial charge in [0.05, 0.1) is 12.3 Å². The van der Waals surface area contributed by atoms with Gasteiger partial charge in [0, 0.05) is 31.4 Å². The lowest BCUT2D eigenvalue weighted by molar-refractivity contribution is -0.125. The molecule has 3 N–H and O–H groups in total. The Kier molecular flexibility index (Phi) is 6.99. The summed E-state index contributed by atoms with van der Waals surface area (Å²) >= 11 is 0. The molecule has 0 bridgehead atoms. The number of amides is 2. The van der Waals surface area contributed by atoms with Crippen molar-refractivity contribution in [2.45, 2.75) is 25.5 Å². The Balaban J connectivity index is 1.77. The molecule has 1 aliphatic heterocycles. The van der Waals surface area contributed by atoms with Crippen LogP contribution in [0.1, 0.15) is 12.8 Å². The van der Waals surface area contributed by atoms with Crippen molar-refractivity contribution < 1.29 is 27.8 Å². The molecule has 1 heterocycles. The van der Waals surface area contributed by atoms with E-state index in [1.54, 1.807) is 6.07 Å². The van der Waals surface area contributed by atoms with E-state index < -0.39 is 18.6 Å². The SMILES string of the molecule is CN(CC1CC1)[C@H](CN)C(=O)Nc1ccc(N2CCOCC2=O)cc1OC(F)F. The second-order valence-electron chi connectivity index (χ2n) is 7.28. The number of nitrogens with two attached hydrogens (primary N) is 1. The number of rotatable bonds is 9. The lowest BCUT2D eigenvalue weighted by atomic mass is 10.2. The van der Waals surface area contributed by atoms with E-state index in [2.05, 4.69) is 10.1 Å². The molecular formula is C19H26F2N4O4. The fraction of sp³-hybridized carbons (Fsp3) is 0.579. The number of anilines is 2. The second-order valence-corrected chi connectivity index (χ2v) is 7.28. The molecule has 1 saturated heterocycles. The van der Waals surface area contributed by atoms with Crippen LogP contribution in [-0.2, 0) is 14.3 Å². The van der Waals surface area contributed by atoms with Crippen molar-refractivity contribution in [1.29, 1.82) is 0 Å². The zero-order valence-electron chi connectivity index (χ0n) is 16.3. The monoisotopic (exact) mass is 412 g/mol. The van der Waals surface area contributed by atoms with E-state index >= 15 is 0 Å². The molecule has 0 aromatic heterocycles. The Morgan fingerprint density at radius 1 is 1.45 bits per heavy atom. The van der Waals surface area contributed by atoms with E-state index in [0.717, 1.165) is 19.4 Å². The minimum absolute atomic E-state index is 0.0744. The molecule has 0 unspecified atom stereocenters. The van der Waals surface area contributed by atoms with E-state index in [0.29, 0.717) is 24.8 Å². The second kappa shape index (κ2) is 9.47. The van der Waals surface area contributed by atoms with Crippen molar-refractivity contribution in [2.24, 2.45) is 11.7 Å². The highest BCUT2D eigenvalue weighted by molar-refractivity contribution is 5.98. The Hall–Kier alpha value is -2.30. The molecule has 10 heteroatoms. The van der Waals surface area contributed by atoms with Crippen LogP contribution in [0, 0.1) is 5.92 Å². The quantitative estimate of drug-likeness (QED) is 0.634. The first kappa shape index (κ1) is 21.4. The molecule has 2 amide bonds. The Bertz CT molecular complexity index is 745. The van der Waals surface area contributed by atoms with Crippen LogP contribution in [0.3, 0.4) is 0 Å². The minimum Gasteiger partial charge on any atom is -0.433 e. The van der Waals surface area contributed by atoms with E-state index in [4.69, 9.17) is 10.5 Å². The number of carbonyl (C=O) groups is 2. The first-order valence-corrected chi connectivity index (χ1v) is 9.57. The highest BCUT2D eigenvalue weighted by Gasteiger charge is 2.29. The third kappa shape index (κ3) is 5.62. The number of halogens is 2. The van der Waals surface area contributed by atoms with Crippen LogP contribution in [0.25, 0.3) is 0 Å². The largest absolute Gasteiger partial charge is 0.433 e. The smallest absolute Gasteiger partial charge is 0.387 e. The van der Waals surface area contributed by atoms with Crippen molar-refractivity contribution >= 4 is 23.2 Å². The summed E-state index contributed by atoms with van der Waals surface area (Å²) < 4.78 is 35.5. The Morgan fingerprint density at radius 2 is 2.21 bits per heavy atom. The average molecular weight is 412 g/mol. The molecule has 1 aromatic carbocycles. The van der Waals surface area contributed by atoms with Crippen LogP contribution < -0.4 is 20.7 Å². The van der Waals surface area contributed by atoms with Gasteiger partial charge in [0.25, 0.3) is 5.91 Å². The van der Waals surface area contributed by atoms with Gasteiger partial charge in [-0.05, 0) is 37.9 Å². The van der Waals surface area contributed by atoms with Crippen LogP contribution in [-0.4, -0.2) is 69.3 Å². The van der Waals surface area contributed by atoms with Crippen LogP contribution in [0.2, 0.25) is 0 Å². The average Bonchev–Trinajstić information content (AvgIpc) is 3.47. The minimum atomic E-state index is -3.08. The summed E-state index contributed by atoms with van der Waals surface area (Å²) in [4.78, 5) is 28.0. The first-order chi connectivity index (χ1) is 13.9. The van der Waals surface area contributed by atoms with E-state index in [9.17, 15) is 18.4 Å². The molecule has 29 heavy (non-hydrogen) atoms. The molecule has 3 rings (SSSR count). The summed E-state index contributed by atoms with van der Waals surface area (Å²) in [5.41, 5.74) is 6.26. The number of hydrogen-bond donors (Lipinski definition) is 2. The Labute approximate surface area is 167 Å². The maximum Gasteiger partial charge on any atom is 0.387 e. The summed E-state index contributed by atoms with van der Waals surface area (Å²) in [5, 5.41) is 2.64. The predicted octanol–water partition coefficient (Wildman–Crippen LogP) is 1.26. The van der Waals surface area contributed by atoms with Gasteiger partial charge in [0.15, 0.2) is 5.75 Å². The summed E-state index contributed by atoms with van der Waals surface area (Å²) in [7, 11) is 1.82. The number of benzene rings is 1. The van der Waals surface area contributed by atoms with Crippen LogP contribution in [0.4, 0.5) is 20.2 Å². The van der Waals surface area contributed by atoms with Gasteiger partial charge in [0.2, 0.25) is 5.91 Å². The van der Waals surface area contributed by atoms with Gasteiger partial charge in [-0.15, -0.1) is 0 Å². The molecular weight excluding hydrogens is 386 g/mol. The zero-order valence-corrected chi connectivity index (χ0v) is 16.3. The van der Waals surface area contributed by atoms with Crippen molar-refractivity contribution in [3.05, 3.63) is 18.2 Å². The van der Waals surface area contributed by atoms with E-state index in [-0.39, 0.29) is 30.5 Å². The van der Waals surface area contributed by atoms with Gasteiger partial charge in [-0.3, -0.25) is 14.5 Å². The van der Waals surface area contributed by atoms with Gasteiger partial charge in [0.1, 0.15) is 12.6 Å². The molecule has 0 radical (unpaired) electrons. The highest BCUT2D eigenvalue weighted by atomic mass is 19.3. The molecule has 1 atom stereocenters. The number of hydrogen-bond acceptors (Lipinski definition) is 6. The molecule has 8 nitrogen and oxygen atoms in total. The lowest BCUT2D eigenvalue weighted by Gasteiger charge is -2.28. The molecule has 1 saturated carbocycles. The molecule has 1 aliphatic carbocycles. The molecule has 1 aromatic rings. The number of morpholine rings is 1. The summed E-state index contributed by atoms with van der Waals surface area (Å²) in [5.74, 6) is -0.318. The molecule has 2 aliphatic rings. The van der Waals surface area contributed by atoms with Crippen molar-refractivity contribution in [2.75, 3.05) is 50.1 Å². The van der Waals surface area contributed by atoms with Gasteiger partial charge in [-0.25, -0.2) is 0 Å². The fourth-order valence-electron chi connectivity index (χ4n) is 3.30. The van der Waals surface area contributed by atoms with Gasteiger partial charge in [-0.2, -0.15) is 8.78 Å². The maximum atomic E-state index is 12.9. The molecule has 2 fully saturated rings. The summed E-state index contributed by atoms with van der Waals surface area (Å²) in [6.45, 7) is -1.65. The first-order valence-electron chi connectivity index (χ1n) is 9.57. The zero-order chi connectivity index (χ0) is 21.0. The van der Waals surface area contributed by atoms with Gasteiger partial charge < -0.3 is 25.4 Å². The third-order valence-corrected chi connectivity index (χ3v) is 5.04. The van der Waals surface area contributed by atoms with Gasteiger partial charge in [-0.1, -0.05) is 0 Å². The standard InChI is InChI=1S/C19H26F2N4O4/c1-24(10-12-2-3-12)15(9-22)18(27)23-14-5-4-13(8-16(14)29-19(20)21)25-6-7-28-11-17(25)26/h4-5,8,12,15,19H,2-3,6-7,9-11,22H2,1H3,(H,23,27)/t15-/m1/s1. The topological polar surface area (TPSA) is 97.1 Å². The number of carbonyl (C=O) groups excluding carboxylic acids is 2. The predicted molar refractivity (Wildman–Crippen MR) is 103 cm³/mol. The van der Waals surface area contributed by atoms with Crippen LogP contribution in [0.5, 0.6) is 5.75 Å². The summed E-state index contributed by atoms with van der Waals surface area (Å²) in [6.07, 6.45) is 2.27. The maximum absolute atomic E-state index is 12.9. The van der Waals surface area contributed by atoms with Crippen LogP contribution in [0.15, 0.2) is 18.2 Å².